The van der Waals surface area contributed by atoms with E-state index in [4.69, 9.17) is 9.15 Å². The summed E-state index contributed by atoms with van der Waals surface area (Å²) in [6.45, 7) is 7.69. The highest BCUT2D eigenvalue weighted by Gasteiger charge is 2.18. The average molecular weight is 274 g/mol. The van der Waals surface area contributed by atoms with Crippen molar-refractivity contribution in [3.63, 3.8) is 0 Å². The third kappa shape index (κ3) is 3.39. The van der Waals surface area contributed by atoms with Crippen LogP contribution >= 0.6 is 0 Å². The van der Waals surface area contributed by atoms with Crippen LogP contribution in [0.2, 0.25) is 0 Å². The molecule has 0 saturated carbocycles. The minimum Gasteiger partial charge on any atom is -0.492 e. The molecule has 2 rings (SSSR count). The molecule has 0 fully saturated rings. The Morgan fingerprint density at radius 1 is 1.35 bits per heavy atom. The van der Waals surface area contributed by atoms with Crippen LogP contribution in [0, 0.1) is 6.92 Å². The predicted molar refractivity (Wildman–Crippen MR) is 79.0 cm³/mol. The van der Waals surface area contributed by atoms with E-state index in [9.17, 15) is 0 Å². The number of furan rings is 1. The molecule has 4 nitrogen and oxygen atoms in total. The molecular formula is C16H22N2O2. The molecule has 1 unspecified atom stereocenters. The number of rotatable bonds is 7. The highest BCUT2D eigenvalue weighted by Crippen LogP contribution is 2.27. The SMILES string of the molecule is CCCNC(c1cncc(OCC)c1)c1ccoc1C. The van der Waals surface area contributed by atoms with Crippen LogP contribution in [0.1, 0.15) is 43.2 Å². The van der Waals surface area contributed by atoms with Crippen molar-refractivity contribution < 1.29 is 9.15 Å². The van der Waals surface area contributed by atoms with Gasteiger partial charge in [0, 0.05) is 11.8 Å². The fraction of sp³-hybridized carbons (Fsp3) is 0.438. The lowest BCUT2D eigenvalue weighted by Gasteiger charge is -2.19. The average Bonchev–Trinajstić information content (AvgIpc) is 2.87. The van der Waals surface area contributed by atoms with Crippen molar-refractivity contribution in [3.8, 4) is 5.75 Å². The van der Waals surface area contributed by atoms with Crippen LogP contribution in [0.25, 0.3) is 0 Å². The number of hydrogen-bond donors (Lipinski definition) is 1. The van der Waals surface area contributed by atoms with Crippen molar-refractivity contribution in [2.75, 3.05) is 13.2 Å². The Hall–Kier alpha value is -1.81. The first-order valence-corrected chi connectivity index (χ1v) is 7.11. The predicted octanol–water partition coefficient (Wildman–Crippen LogP) is 3.47. The first kappa shape index (κ1) is 14.6. The normalized spacial score (nSPS) is 12.3. The molecule has 1 atom stereocenters. The molecule has 0 spiro atoms. The zero-order valence-electron chi connectivity index (χ0n) is 12.3. The molecule has 0 radical (unpaired) electrons. The van der Waals surface area contributed by atoms with Gasteiger partial charge in [-0.2, -0.15) is 0 Å². The Labute approximate surface area is 120 Å². The Balaban J connectivity index is 2.31. The van der Waals surface area contributed by atoms with E-state index < -0.39 is 0 Å². The van der Waals surface area contributed by atoms with E-state index in [1.54, 1.807) is 12.5 Å². The molecule has 0 amide bonds. The second kappa shape index (κ2) is 7.10. The summed E-state index contributed by atoms with van der Waals surface area (Å²) in [4.78, 5) is 4.28. The lowest BCUT2D eigenvalue weighted by atomic mass is 10.0. The van der Waals surface area contributed by atoms with Crippen molar-refractivity contribution in [2.45, 2.75) is 33.2 Å². The lowest BCUT2D eigenvalue weighted by molar-refractivity contribution is 0.338. The van der Waals surface area contributed by atoms with Gasteiger partial charge in [-0.3, -0.25) is 4.98 Å². The van der Waals surface area contributed by atoms with Gasteiger partial charge in [0.05, 0.1) is 25.1 Å². The molecule has 0 bridgehead atoms. The van der Waals surface area contributed by atoms with E-state index in [0.29, 0.717) is 6.61 Å². The summed E-state index contributed by atoms with van der Waals surface area (Å²) in [5.74, 6) is 1.73. The summed E-state index contributed by atoms with van der Waals surface area (Å²) in [5, 5.41) is 3.54. The second-order valence-electron chi connectivity index (χ2n) is 4.71. The van der Waals surface area contributed by atoms with Crippen LogP contribution < -0.4 is 10.1 Å². The Kier molecular flexibility index (Phi) is 5.18. The van der Waals surface area contributed by atoms with E-state index in [2.05, 4.69) is 17.2 Å². The summed E-state index contributed by atoms with van der Waals surface area (Å²) < 4.78 is 11.0. The van der Waals surface area contributed by atoms with Gasteiger partial charge in [-0.25, -0.2) is 0 Å². The summed E-state index contributed by atoms with van der Waals surface area (Å²) >= 11 is 0. The van der Waals surface area contributed by atoms with Crippen LogP contribution in [-0.4, -0.2) is 18.1 Å². The molecule has 2 aromatic rings. The number of aromatic nitrogens is 1. The smallest absolute Gasteiger partial charge is 0.137 e. The van der Waals surface area contributed by atoms with Crippen LogP contribution in [0.15, 0.2) is 35.2 Å². The van der Waals surface area contributed by atoms with Gasteiger partial charge in [0.15, 0.2) is 0 Å². The molecule has 0 aliphatic rings. The molecule has 0 aliphatic carbocycles. The van der Waals surface area contributed by atoms with Gasteiger partial charge in [-0.1, -0.05) is 6.92 Å². The maximum absolute atomic E-state index is 5.54. The summed E-state index contributed by atoms with van der Waals surface area (Å²) in [6, 6.07) is 4.13. The number of pyridine rings is 1. The number of ether oxygens (including phenoxy) is 1. The Morgan fingerprint density at radius 3 is 2.85 bits per heavy atom. The minimum atomic E-state index is 0.0848. The molecule has 1 N–H and O–H groups in total. The first-order valence-electron chi connectivity index (χ1n) is 7.11. The number of aryl methyl sites for hydroxylation is 1. The van der Waals surface area contributed by atoms with E-state index in [1.165, 1.54) is 0 Å². The van der Waals surface area contributed by atoms with Gasteiger partial charge in [0.2, 0.25) is 0 Å². The van der Waals surface area contributed by atoms with Crippen molar-refractivity contribution in [2.24, 2.45) is 0 Å². The number of nitrogens with zero attached hydrogens (tertiary/aromatic N) is 1. The highest BCUT2D eigenvalue weighted by atomic mass is 16.5. The maximum Gasteiger partial charge on any atom is 0.137 e. The largest absolute Gasteiger partial charge is 0.492 e. The maximum atomic E-state index is 5.54. The summed E-state index contributed by atoms with van der Waals surface area (Å²) in [7, 11) is 0. The van der Waals surface area contributed by atoms with E-state index in [0.717, 1.165) is 35.6 Å². The van der Waals surface area contributed by atoms with E-state index in [-0.39, 0.29) is 6.04 Å². The standard InChI is InChI=1S/C16H22N2O2/c1-4-7-18-16(15-6-8-20-12(15)3)13-9-14(19-5-2)11-17-10-13/h6,8-11,16,18H,4-5,7H2,1-3H3. The van der Waals surface area contributed by atoms with Gasteiger partial charge in [0.25, 0.3) is 0 Å². The van der Waals surface area contributed by atoms with Gasteiger partial charge >= 0.3 is 0 Å². The van der Waals surface area contributed by atoms with Crippen LogP contribution in [0.3, 0.4) is 0 Å². The molecule has 0 aliphatic heterocycles. The van der Waals surface area contributed by atoms with Gasteiger partial charge in [-0.15, -0.1) is 0 Å². The molecule has 20 heavy (non-hydrogen) atoms. The summed E-state index contributed by atoms with van der Waals surface area (Å²) in [5.41, 5.74) is 2.24. The van der Waals surface area contributed by atoms with Gasteiger partial charge in [-0.05, 0) is 44.5 Å². The molecule has 2 heterocycles. The van der Waals surface area contributed by atoms with Crippen molar-refractivity contribution in [1.29, 1.82) is 0 Å². The molecule has 108 valence electrons. The van der Waals surface area contributed by atoms with Gasteiger partial charge in [0.1, 0.15) is 11.5 Å². The molecular weight excluding hydrogens is 252 g/mol. The fourth-order valence-corrected chi connectivity index (χ4v) is 2.23. The molecule has 0 aromatic carbocycles. The third-order valence-corrected chi connectivity index (χ3v) is 3.19. The fourth-order valence-electron chi connectivity index (χ4n) is 2.23. The summed E-state index contributed by atoms with van der Waals surface area (Å²) in [6.07, 6.45) is 6.42. The van der Waals surface area contributed by atoms with E-state index >= 15 is 0 Å². The van der Waals surface area contributed by atoms with Crippen molar-refractivity contribution in [1.82, 2.24) is 10.3 Å². The lowest BCUT2D eigenvalue weighted by Crippen LogP contribution is -2.23. The monoisotopic (exact) mass is 274 g/mol. The molecule has 0 saturated heterocycles. The highest BCUT2D eigenvalue weighted by molar-refractivity contribution is 5.35. The topological polar surface area (TPSA) is 47.3 Å². The number of hydrogen-bond acceptors (Lipinski definition) is 4. The quantitative estimate of drug-likeness (QED) is 0.839. The molecule has 2 aromatic heterocycles. The number of nitrogens with one attached hydrogen (secondary N) is 1. The van der Waals surface area contributed by atoms with E-state index in [1.807, 2.05) is 32.2 Å². The first-order chi connectivity index (χ1) is 9.76. The Bertz CT molecular complexity index is 537. The second-order valence-corrected chi connectivity index (χ2v) is 4.71. The van der Waals surface area contributed by atoms with Crippen LogP contribution in [-0.2, 0) is 0 Å². The zero-order valence-corrected chi connectivity index (χ0v) is 12.3. The van der Waals surface area contributed by atoms with Crippen molar-refractivity contribution >= 4 is 0 Å². The van der Waals surface area contributed by atoms with Gasteiger partial charge < -0.3 is 14.5 Å². The minimum absolute atomic E-state index is 0.0848. The van der Waals surface area contributed by atoms with Crippen molar-refractivity contribution in [3.05, 3.63) is 47.7 Å². The van der Waals surface area contributed by atoms with Crippen LogP contribution in [0.4, 0.5) is 0 Å². The zero-order chi connectivity index (χ0) is 14.4. The Morgan fingerprint density at radius 2 is 2.20 bits per heavy atom. The third-order valence-electron chi connectivity index (χ3n) is 3.19. The molecule has 4 heteroatoms. The van der Waals surface area contributed by atoms with Crippen LogP contribution in [0.5, 0.6) is 5.75 Å².